The summed E-state index contributed by atoms with van der Waals surface area (Å²) in [6.07, 6.45) is 8.47. The maximum absolute atomic E-state index is 11.9. The Balaban J connectivity index is 1.27. The van der Waals surface area contributed by atoms with Crippen molar-refractivity contribution < 1.29 is 4.79 Å². The van der Waals surface area contributed by atoms with Gasteiger partial charge in [-0.05, 0) is 25.0 Å². The number of hydrogen-bond acceptors (Lipinski definition) is 5. The topological polar surface area (TPSA) is 71.6 Å². The Hall–Kier alpha value is -2.74. The first-order valence-corrected chi connectivity index (χ1v) is 9.13. The molecule has 5 heterocycles. The van der Waals surface area contributed by atoms with Crippen LogP contribution in [0.15, 0.2) is 36.8 Å². The van der Waals surface area contributed by atoms with Crippen LogP contribution in [0.3, 0.4) is 0 Å². The molecule has 0 aromatic carbocycles. The van der Waals surface area contributed by atoms with Crippen LogP contribution in [0.5, 0.6) is 0 Å². The monoisotopic (exact) mass is 351 g/mol. The highest BCUT2D eigenvalue weighted by molar-refractivity contribution is 5.95. The van der Waals surface area contributed by atoms with E-state index >= 15 is 0 Å². The third-order valence-electron chi connectivity index (χ3n) is 5.34. The highest BCUT2D eigenvalue weighted by Crippen LogP contribution is 2.26. The van der Waals surface area contributed by atoms with Gasteiger partial charge in [0.2, 0.25) is 5.91 Å². The van der Waals surface area contributed by atoms with Gasteiger partial charge in [0.05, 0.1) is 24.5 Å². The van der Waals surface area contributed by atoms with Gasteiger partial charge in [-0.3, -0.25) is 18.8 Å². The van der Waals surface area contributed by atoms with Gasteiger partial charge in [-0.15, -0.1) is 10.2 Å². The molecule has 3 aromatic heterocycles. The Morgan fingerprint density at radius 3 is 3.04 bits per heavy atom. The largest absolute Gasteiger partial charge is 0.309 e. The maximum atomic E-state index is 11.9. The Morgan fingerprint density at radius 1 is 1.19 bits per heavy atom. The molecule has 0 spiro atoms. The zero-order valence-corrected chi connectivity index (χ0v) is 14.5. The fraction of sp³-hybridized carbons (Fsp3) is 0.444. The van der Waals surface area contributed by atoms with Crippen molar-refractivity contribution in [2.45, 2.75) is 31.8 Å². The third kappa shape index (κ3) is 2.66. The highest BCUT2D eigenvalue weighted by atomic mass is 16.2. The molecule has 0 radical (unpaired) electrons. The summed E-state index contributed by atoms with van der Waals surface area (Å²) in [5, 5.41) is 13.1. The van der Waals surface area contributed by atoms with Crippen LogP contribution in [0.25, 0.3) is 5.65 Å². The van der Waals surface area contributed by atoms with E-state index in [-0.39, 0.29) is 5.91 Å². The van der Waals surface area contributed by atoms with Crippen molar-refractivity contribution in [3.05, 3.63) is 42.6 Å². The molecule has 134 valence electrons. The summed E-state index contributed by atoms with van der Waals surface area (Å²) in [6, 6.07) is 6.27. The van der Waals surface area contributed by atoms with Gasteiger partial charge < -0.3 is 4.90 Å². The van der Waals surface area contributed by atoms with E-state index in [1.54, 1.807) is 0 Å². The molecule has 0 N–H and O–H groups in total. The van der Waals surface area contributed by atoms with Gasteiger partial charge in [-0.1, -0.05) is 6.07 Å². The highest BCUT2D eigenvalue weighted by Gasteiger charge is 2.28. The van der Waals surface area contributed by atoms with Gasteiger partial charge >= 0.3 is 0 Å². The van der Waals surface area contributed by atoms with Crippen molar-refractivity contribution in [3.63, 3.8) is 0 Å². The third-order valence-corrected chi connectivity index (χ3v) is 5.34. The Morgan fingerprint density at radius 2 is 2.15 bits per heavy atom. The Kier molecular flexibility index (Phi) is 3.70. The number of rotatable bonds is 4. The number of amides is 1. The zero-order valence-electron chi connectivity index (χ0n) is 14.5. The summed E-state index contributed by atoms with van der Waals surface area (Å²) in [4.78, 5) is 16.1. The summed E-state index contributed by atoms with van der Waals surface area (Å²) in [5.74, 6) is 1.17. The molecule has 3 aromatic rings. The van der Waals surface area contributed by atoms with E-state index in [1.807, 2.05) is 50.8 Å². The SMILES string of the molecule is O=C1CCCN1c1cnn(C2CCN(Cc3nnc4ccccn34)C2)c1. The van der Waals surface area contributed by atoms with E-state index in [4.69, 9.17) is 0 Å². The fourth-order valence-corrected chi connectivity index (χ4v) is 3.96. The molecule has 0 saturated carbocycles. The number of hydrogen-bond donors (Lipinski definition) is 0. The number of pyridine rings is 1. The van der Waals surface area contributed by atoms with Gasteiger partial charge in [0, 0.05) is 38.4 Å². The molecule has 1 amide bonds. The van der Waals surface area contributed by atoms with Crippen LogP contribution in [-0.4, -0.2) is 54.8 Å². The molecule has 8 heteroatoms. The first-order valence-electron chi connectivity index (χ1n) is 9.13. The second-order valence-electron chi connectivity index (χ2n) is 7.05. The molecular formula is C18H21N7O. The zero-order chi connectivity index (χ0) is 17.5. The second-order valence-corrected chi connectivity index (χ2v) is 7.05. The van der Waals surface area contributed by atoms with Gasteiger partial charge in [-0.2, -0.15) is 5.10 Å². The van der Waals surface area contributed by atoms with Gasteiger partial charge in [0.1, 0.15) is 0 Å². The Labute approximate surface area is 151 Å². The van der Waals surface area contributed by atoms with Crippen LogP contribution in [0.1, 0.15) is 31.1 Å². The van der Waals surface area contributed by atoms with Crippen LogP contribution >= 0.6 is 0 Å². The minimum absolute atomic E-state index is 0.205. The summed E-state index contributed by atoms with van der Waals surface area (Å²) in [6.45, 7) is 3.52. The number of nitrogens with zero attached hydrogens (tertiary/aromatic N) is 7. The molecule has 1 atom stereocenters. The van der Waals surface area contributed by atoms with E-state index in [0.29, 0.717) is 12.5 Å². The lowest BCUT2D eigenvalue weighted by atomic mass is 10.3. The van der Waals surface area contributed by atoms with E-state index < -0.39 is 0 Å². The average molecular weight is 351 g/mol. The quantitative estimate of drug-likeness (QED) is 0.712. The summed E-state index contributed by atoms with van der Waals surface area (Å²) in [5.41, 5.74) is 1.81. The van der Waals surface area contributed by atoms with Crippen LogP contribution in [-0.2, 0) is 11.3 Å². The molecule has 1 unspecified atom stereocenters. The molecule has 2 fully saturated rings. The first-order chi connectivity index (χ1) is 12.8. The first kappa shape index (κ1) is 15.5. The van der Waals surface area contributed by atoms with Gasteiger partial charge in [-0.25, -0.2) is 0 Å². The van der Waals surface area contributed by atoms with Crippen LogP contribution in [0, 0.1) is 0 Å². The van der Waals surface area contributed by atoms with Crippen LogP contribution in [0.2, 0.25) is 0 Å². The van der Waals surface area contributed by atoms with Crippen LogP contribution < -0.4 is 4.90 Å². The summed E-state index contributed by atoms with van der Waals surface area (Å²) in [7, 11) is 0. The smallest absolute Gasteiger partial charge is 0.227 e. The van der Waals surface area contributed by atoms with E-state index in [9.17, 15) is 4.79 Å². The molecular weight excluding hydrogens is 330 g/mol. The number of carbonyl (C=O) groups is 1. The van der Waals surface area contributed by atoms with Crippen molar-refractivity contribution in [2.24, 2.45) is 0 Å². The molecule has 8 nitrogen and oxygen atoms in total. The number of aromatic nitrogens is 5. The normalized spacial score (nSPS) is 21.3. The minimum Gasteiger partial charge on any atom is -0.309 e. The standard InChI is InChI=1S/C18H21N7O/c26-18-5-3-8-23(18)15-10-19-25(12-15)14-6-9-22(11-14)13-17-21-20-16-4-1-2-7-24(16)17/h1-2,4,7,10,12,14H,3,5-6,8-9,11,13H2. The molecule has 0 aliphatic carbocycles. The van der Waals surface area contributed by atoms with Crippen molar-refractivity contribution in [3.8, 4) is 0 Å². The number of anilines is 1. The van der Waals surface area contributed by atoms with E-state index in [0.717, 1.165) is 56.2 Å². The van der Waals surface area contributed by atoms with Gasteiger partial charge in [0.25, 0.3) is 0 Å². The number of fused-ring (bicyclic) bond motifs is 1. The molecule has 0 bridgehead atoms. The lowest BCUT2D eigenvalue weighted by molar-refractivity contribution is -0.117. The van der Waals surface area contributed by atoms with E-state index in [2.05, 4.69) is 20.2 Å². The number of likely N-dealkylation sites (tertiary alicyclic amines) is 1. The molecule has 2 aliphatic heterocycles. The molecule has 5 rings (SSSR count). The predicted octanol–water partition coefficient (Wildman–Crippen LogP) is 1.50. The predicted molar refractivity (Wildman–Crippen MR) is 95.7 cm³/mol. The van der Waals surface area contributed by atoms with Crippen molar-refractivity contribution in [1.82, 2.24) is 29.3 Å². The maximum Gasteiger partial charge on any atom is 0.227 e. The number of carbonyl (C=O) groups excluding carboxylic acids is 1. The molecule has 2 aliphatic rings. The average Bonchev–Trinajstić information content (AvgIpc) is 3.42. The molecule has 26 heavy (non-hydrogen) atoms. The van der Waals surface area contributed by atoms with Crippen molar-refractivity contribution >= 4 is 17.2 Å². The second kappa shape index (κ2) is 6.21. The van der Waals surface area contributed by atoms with Crippen molar-refractivity contribution in [2.75, 3.05) is 24.5 Å². The van der Waals surface area contributed by atoms with Gasteiger partial charge in [0.15, 0.2) is 11.5 Å². The minimum atomic E-state index is 0.205. The van der Waals surface area contributed by atoms with Crippen LogP contribution in [0.4, 0.5) is 5.69 Å². The molecule has 2 saturated heterocycles. The lowest BCUT2D eigenvalue weighted by Crippen LogP contribution is -2.23. The summed E-state index contributed by atoms with van der Waals surface area (Å²) < 4.78 is 4.06. The lowest BCUT2D eigenvalue weighted by Gasteiger charge is -2.15. The fourth-order valence-electron chi connectivity index (χ4n) is 3.96. The van der Waals surface area contributed by atoms with E-state index in [1.165, 1.54) is 0 Å². The van der Waals surface area contributed by atoms with Crippen molar-refractivity contribution in [1.29, 1.82) is 0 Å². The summed E-state index contributed by atoms with van der Waals surface area (Å²) >= 11 is 0. The Bertz CT molecular complexity index is 946.